The number of nitrogens with one attached hydrogen (secondary N) is 2. The number of aromatic amines is 2. The Bertz CT molecular complexity index is 1270. The van der Waals surface area contributed by atoms with E-state index in [0.717, 1.165) is 23.2 Å². The number of aromatic nitrogens is 2. The van der Waals surface area contributed by atoms with Gasteiger partial charge in [0.15, 0.2) is 0 Å². The Kier molecular flexibility index (Phi) is 8.86. The van der Waals surface area contributed by atoms with E-state index in [2.05, 4.69) is 10.2 Å². The van der Waals surface area contributed by atoms with Crippen LogP contribution in [0.2, 0.25) is 0 Å². The van der Waals surface area contributed by atoms with Gasteiger partial charge in [0.2, 0.25) is 11.6 Å². The third-order valence-electron chi connectivity index (χ3n) is 6.45. The molecule has 1 atom stereocenters. The Balaban J connectivity index is 0.000000505. The zero-order valence-corrected chi connectivity index (χ0v) is 20.6. The molecule has 14 heteroatoms. The van der Waals surface area contributed by atoms with Crippen molar-refractivity contribution in [3.63, 3.8) is 0 Å². The minimum absolute atomic E-state index is 0.0539. The molecule has 38 heavy (non-hydrogen) atoms. The first kappa shape index (κ1) is 28.8. The number of hydrogen-bond acceptors (Lipinski definition) is 6. The van der Waals surface area contributed by atoms with Crippen LogP contribution in [0.25, 0.3) is 0 Å². The number of hydrogen-bond donors (Lipinski definition) is 1. The van der Waals surface area contributed by atoms with Crippen LogP contribution in [-0.4, -0.2) is 77.7 Å². The summed E-state index contributed by atoms with van der Waals surface area (Å²) in [4.78, 5) is 49.2. The van der Waals surface area contributed by atoms with Gasteiger partial charge in [-0.1, -0.05) is 6.07 Å². The molecule has 0 bridgehead atoms. The van der Waals surface area contributed by atoms with Crippen molar-refractivity contribution in [1.82, 2.24) is 14.9 Å². The van der Waals surface area contributed by atoms with Crippen molar-refractivity contribution in [3.05, 3.63) is 62.3 Å². The Labute approximate surface area is 214 Å². The smallest absolute Gasteiger partial charge is 0.430 e. The van der Waals surface area contributed by atoms with Crippen LogP contribution in [0, 0.1) is 19.7 Å². The molecule has 2 aliphatic rings. The summed E-state index contributed by atoms with van der Waals surface area (Å²) in [5.74, 6) is -4.26. The van der Waals surface area contributed by atoms with Crippen LogP contribution in [-0.2, 0) is 20.7 Å². The molecule has 10 nitrogen and oxygen atoms in total. The van der Waals surface area contributed by atoms with E-state index in [1.54, 1.807) is 17.9 Å². The fourth-order valence-electron chi connectivity index (χ4n) is 4.13. The minimum Gasteiger partial charge on any atom is -0.542 e. The first-order chi connectivity index (χ1) is 17.8. The fraction of sp³-hybridized carbons (Fsp3) is 0.458. The minimum atomic E-state index is -5.19. The number of halogens is 4. The van der Waals surface area contributed by atoms with Crippen LogP contribution in [0.3, 0.4) is 0 Å². The number of rotatable bonds is 4. The van der Waals surface area contributed by atoms with Crippen LogP contribution >= 0.6 is 0 Å². The molecule has 206 valence electrons. The van der Waals surface area contributed by atoms with Crippen LogP contribution in [0.5, 0.6) is 0 Å². The highest BCUT2D eigenvalue weighted by atomic mass is 19.4. The normalized spacial score (nSPS) is 17.7. The number of alkyl halides is 3. The highest BCUT2D eigenvalue weighted by Gasteiger charge is 2.34. The van der Waals surface area contributed by atoms with Gasteiger partial charge in [0, 0.05) is 30.8 Å². The lowest BCUT2D eigenvalue weighted by Gasteiger charge is -2.37. The number of carboxylic acids is 1. The lowest BCUT2D eigenvalue weighted by Crippen LogP contribution is -2.55. The van der Waals surface area contributed by atoms with E-state index in [0.29, 0.717) is 38.3 Å². The second-order valence-corrected chi connectivity index (χ2v) is 8.92. The zero-order valence-electron chi connectivity index (χ0n) is 20.6. The summed E-state index contributed by atoms with van der Waals surface area (Å²) in [6.45, 7) is 5.45. The van der Waals surface area contributed by atoms with E-state index < -0.39 is 23.9 Å². The lowest BCUT2D eigenvalue weighted by atomic mass is 10.0. The van der Waals surface area contributed by atoms with Crippen LogP contribution in [0.4, 0.5) is 17.6 Å². The molecule has 2 amide bonds. The van der Waals surface area contributed by atoms with Gasteiger partial charge in [-0.05, 0) is 38.0 Å². The number of carbonyl (C=O) groups is 3. The predicted molar refractivity (Wildman–Crippen MR) is 120 cm³/mol. The van der Waals surface area contributed by atoms with Crippen molar-refractivity contribution >= 4 is 17.8 Å². The van der Waals surface area contributed by atoms with Gasteiger partial charge < -0.3 is 24.4 Å². The summed E-state index contributed by atoms with van der Waals surface area (Å²) in [5, 5.41) is 14.2. The molecule has 2 fully saturated rings. The number of H-pyrrole nitrogens is 2. The van der Waals surface area contributed by atoms with Gasteiger partial charge >= 0.3 is 11.7 Å². The maximum absolute atomic E-state index is 14.5. The topological polar surface area (TPSA) is 137 Å². The SMILES string of the molecule is Cc1c(Cc2ccc(F)c(C(=O)N3CCN(C4CCOC4)C(=O)C3)c2)[nH+][nH]c(=O)c1C.O=C([O-])C(F)(F)F. The molecular formula is C24H26F4N4O6. The van der Waals surface area contributed by atoms with Gasteiger partial charge in [-0.15, -0.1) is 10.2 Å². The molecule has 2 N–H and O–H groups in total. The average Bonchev–Trinajstić information content (AvgIpc) is 3.39. The average molecular weight is 542 g/mol. The molecule has 1 aromatic heterocycles. The van der Waals surface area contributed by atoms with Crippen LogP contribution in [0.15, 0.2) is 23.0 Å². The van der Waals surface area contributed by atoms with E-state index in [1.807, 2.05) is 6.92 Å². The van der Waals surface area contributed by atoms with E-state index in [-0.39, 0.29) is 29.6 Å². The Morgan fingerprint density at radius 2 is 1.87 bits per heavy atom. The molecule has 3 heterocycles. The summed E-state index contributed by atoms with van der Waals surface area (Å²) in [6, 6.07) is 4.46. The van der Waals surface area contributed by atoms with Crippen LogP contribution < -0.4 is 15.8 Å². The third kappa shape index (κ3) is 6.73. The number of benzene rings is 1. The van der Waals surface area contributed by atoms with Gasteiger partial charge in [-0.2, -0.15) is 13.2 Å². The molecule has 0 saturated carbocycles. The monoisotopic (exact) mass is 542 g/mol. The number of carbonyl (C=O) groups excluding carboxylic acids is 3. The van der Waals surface area contributed by atoms with Crippen LogP contribution in [0.1, 0.15) is 39.2 Å². The van der Waals surface area contributed by atoms with Gasteiger partial charge in [0.1, 0.15) is 18.3 Å². The van der Waals surface area contributed by atoms with Gasteiger partial charge in [0.05, 0.1) is 24.6 Å². The number of nitrogens with zero attached hydrogens (tertiary/aromatic N) is 2. The van der Waals surface area contributed by atoms with E-state index in [4.69, 9.17) is 14.6 Å². The molecule has 1 aromatic carbocycles. The predicted octanol–water partition coefficient (Wildman–Crippen LogP) is -0.0924. The number of piperazine rings is 1. The lowest BCUT2D eigenvalue weighted by molar-refractivity contribution is -0.467. The molecule has 2 aromatic rings. The van der Waals surface area contributed by atoms with Gasteiger partial charge in [-0.3, -0.25) is 14.4 Å². The summed E-state index contributed by atoms with van der Waals surface area (Å²) in [7, 11) is 0. The Morgan fingerprint density at radius 1 is 1.18 bits per heavy atom. The molecule has 0 radical (unpaired) electrons. The summed E-state index contributed by atoms with van der Waals surface area (Å²) >= 11 is 0. The summed E-state index contributed by atoms with van der Waals surface area (Å²) in [6.07, 6.45) is -3.99. The van der Waals surface area contributed by atoms with E-state index in [9.17, 15) is 31.9 Å². The first-order valence-corrected chi connectivity index (χ1v) is 11.6. The fourth-order valence-corrected chi connectivity index (χ4v) is 4.13. The molecule has 0 spiro atoms. The largest absolute Gasteiger partial charge is 0.542 e. The van der Waals surface area contributed by atoms with Crippen molar-refractivity contribution in [2.45, 2.75) is 38.9 Å². The highest BCUT2D eigenvalue weighted by molar-refractivity contribution is 5.97. The molecule has 4 rings (SSSR count). The Hall–Kier alpha value is -3.81. The van der Waals surface area contributed by atoms with E-state index in [1.165, 1.54) is 17.0 Å². The second-order valence-electron chi connectivity index (χ2n) is 8.92. The molecule has 1 unspecified atom stereocenters. The maximum Gasteiger partial charge on any atom is 0.430 e. The molecule has 0 aliphatic carbocycles. The van der Waals surface area contributed by atoms with E-state index >= 15 is 0 Å². The second kappa shape index (κ2) is 11.7. The number of ether oxygens (including phenoxy) is 1. The zero-order chi connectivity index (χ0) is 28.2. The Morgan fingerprint density at radius 3 is 2.45 bits per heavy atom. The standard InChI is InChI=1S/C22H25FN4O4.C2HF3O2/c1-13-14(2)21(29)25-24-19(13)10-15-3-4-18(23)17(9-15)22(30)26-6-7-27(20(28)11-26)16-5-8-31-12-16;3-2(4,5)1(6)7/h3-4,9,16H,5-8,10-12H2,1-2H3,(H,25,29);(H,6,7). The summed E-state index contributed by atoms with van der Waals surface area (Å²) < 4.78 is 51.4. The van der Waals surface area contributed by atoms with Crippen molar-refractivity contribution in [2.75, 3.05) is 32.8 Å². The quantitative estimate of drug-likeness (QED) is 0.537. The van der Waals surface area contributed by atoms with Crippen molar-refractivity contribution in [2.24, 2.45) is 0 Å². The number of amides is 2. The van der Waals surface area contributed by atoms with Gasteiger partial charge in [-0.25, -0.2) is 4.39 Å². The molecule has 2 saturated heterocycles. The van der Waals surface area contributed by atoms with Crippen molar-refractivity contribution in [3.8, 4) is 0 Å². The van der Waals surface area contributed by atoms with Crippen molar-refractivity contribution in [1.29, 1.82) is 0 Å². The van der Waals surface area contributed by atoms with Gasteiger partial charge in [0.25, 0.3) is 5.91 Å². The first-order valence-electron chi connectivity index (χ1n) is 11.6. The number of carboxylic acid groups (broad SMARTS) is 1. The molecule has 2 aliphatic heterocycles. The highest BCUT2D eigenvalue weighted by Crippen LogP contribution is 2.20. The summed E-state index contributed by atoms with van der Waals surface area (Å²) in [5.41, 5.74) is 2.69. The molecular weight excluding hydrogens is 516 g/mol. The third-order valence-corrected chi connectivity index (χ3v) is 6.45. The van der Waals surface area contributed by atoms with Crippen molar-refractivity contribution < 1.29 is 46.9 Å². The maximum atomic E-state index is 14.5. The number of aliphatic carboxylic acids is 1.